The highest BCUT2D eigenvalue weighted by molar-refractivity contribution is 7.95. The van der Waals surface area contributed by atoms with Crippen molar-refractivity contribution >= 4 is 19.8 Å². The van der Waals surface area contributed by atoms with Gasteiger partial charge in [-0.1, -0.05) is 0 Å². The SMILES string of the molecule is [2H]B([3H])CSOC1CN(C(C)C)C1. The molecule has 0 atom stereocenters. The third-order valence-corrected chi connectivity index (χ3v) is 2.42. The van der Waals surface area contributed by atoms with Gasteiger partial charge >= 0.3 is 0 Å². The van der Waals surface area contributed by atoms with Crippen LogP contribution in [0.5, 0.6) is 0 Å². The van der Waals surface area contributed by atoms with Crippen molar-refractivity contribution < 1.29 is 4.18 Å². The van der Waals surface area contributed by atoms with Crippen LogP contribution >= 0.6 is 12.0 Å². The van der Waals surface area contributed by atoms with Crippen LogP contribution in [0, 0.1) is 0 Å². The van der Waals surface area contributed by atoms with Crippen LogP contribution in [0.15, 0.2) is 0 Å². The number of hydrogen-bond acceptors (Lipinski definition) is 3. The van der Waals surface area contributed by atoms with Gasteiger partial charge in [-0.15, -0.1) is 0 Å². The minimum absolute atomic E-state index is 0.311. The molecule has 0 spiro atoms. The summed E-state index contributed by atoms with van der Waals surface area (Å²) in [5.74, 6) is 0. The number of nitrogens with zero attached hydrogens (tertiary/aromatic N) is 1. The fourth-order valence-corrected chi connectivity index (χ4v) is 1.48. The van der Waals surface area contributed by atoms with Crippen LogP contribution in [0.1, 0.15) is 13.8 Å². The second-order valence-electron chi connectivity index (χ2n) is 3.05. The fourth-order valence-electron chi connectivity index (χ4n) is 1.09. The first-order valence-corrected chi connectivity index (χ1v) is 4.87. The van der Waals surface area contributed by atoms with Gasteiger partial charge in [-0.05, 0) is 34.2 Å². The molecule has 0 radical (unpaired) electrons. The van der Waals surface area contributed by atoms with Gasteiger partial charge in [-0.2, -0.15) is 0 Å². The van der Waals surface area contributed by atoms with Crippen LogP contribution < -0.4 is 0 Å². The Balaban J connectivity index is 1.96. The van der Waals surface area contributed by atoms with E-state index in [1.165, 1.54) is 12.0 Å². The Hall–Kier alpha value is 0.335. The molecule has 0 aromatic heterocycles. The van der Waals surface area contributed by atoms with Crippen molar-refractivity contribution in [3.05, 3.63) is 0 Å². The average Bonchev–Trinajstić information content (AvgIpc) is 1.92. The summed E-state index contributed by atoms with van der Waals surface area (Å²) in [6.45, 7) is 6.33. The van der Waals surface area contributed by atoms with E-state index < -0.39 is 7.77 Å². The van der Waals surface area contributed by atoms with E-state index in [9.17, 15) is 0 Å². The van der Waals surface area contributed by atoms with Crippen LogP contribution in [-0.4, -0.2) is 46.2 Å². The molecule has 0 N–H and O–H groups in total. The lowest BCUT2D eigenvalue weighted by molar-refractivity contribution is 0.0120. The first-order valence-electron chi connectivity index (χ1n) is 5.12. The molecule has 0 saturated carbocycles. The van der Waals surface area contributed by atoms with Crippen LogP contribution in [-0.2, 0) is 4.18 Å². The molecular weight excluding hydrogens is 157 g/mol. The van der Waals surface area contributed by atoms with E-state index in [4.69, 9.17) is 6.85 Å². The normalized spacial score (nSPS) is 22.8. The Kier molecular flexibility index (Phi) is 2.71. The van der Waals surface area contributed by atoms with Gasteiger partial charge in [0.2, 0.25) is 0 Å². The average molecular weight is 176 g/mol. The van der Waals surface area contributed by atoms with Crippen LogP contribution in [0.2, 0.25) is 0 Å². The predicted molar refractivity (Wildman–Crippen MR) is 52.6 cm³/mol. The van der Waals surface area contributed by atoms with Gasteiger partial charge in [-0.3, -0.25) is 4.90 Å². The molecule has 1 heterocycles. The smallest absolute Gasteiger partial charge is 0.117 e. The second-order valence-corrected chi connectivity index (χ2v) is 3.81. The molecule has 4 heteroatoms. The molecule has 1 saturated heterocycles. The predicted octanol–water partition coefficient (Wildman–Crippen LogP) is 0.334. The second kappa shape index (κ2) is 4.38. The minimum atomic E-state index is -0.772. The Labute approximate surface area is 77.0 Å². The van der Waals surface area contributed by atoms with Crippen molar-refractivity contribution in [2.45, 2.75) is 26.0 Å². The van der Waals surface area contributed by atoms with E-state index >= 15 is 0 Å². The first kappa shape index (κ1) is 6.81. The van der Waals surface area contributed by atoms with Gasteiger partial charge in [0.1, 0.15) is 7.77 Å². The summed E-state index contributed by atoms with van der Waals surface area (Å²) in [7, 11) is -0.772. The monoisotopic (exact) mass is 176 g/mol. The summed E-state index contributed by atoms with van der Waals surface area (Å²) < 4.78 is 19.3. The number of rotatable bonds is 5. The maximum absolute atomic E-state index is 6.96. The van der Waals surface area contributed by atoms with Gasteiger partial charge in [0, 0.05) is 19.1 Å². The molecule has 1 aliphatic heterocycles. The van der Waals surface area contributed by atoms with Gasteiger partial charge in [0.25, 0.3) is 0 Å². The highest BCUT2D eigenvalue weighted by atomic mass is 32.2. The summed E-state index contributed by atoms with van der Waals surface area (Å²) in [5, 5.41) is 0. The molecule has 0 unspecified atom stereocenters. The number of likely N-dealkylation sites (tertiary alicyclic amines) is 1. The molecule has 0 aliphatic carbocycles. The zero-order chi connectivity index (χ0) is 9.84. The molecule has 0 amide bonds. The van der Waals surface area contributed by atoms with Crippen molar-refractivity contribution in [1.82, 2.24) is 4.90 Å². The lowest BCUT2D eigenvalue weighted by atomic mass is 10.1. The van der Waals surface area contributed by atoms with Gasteiger partial charge < -0.3 is 4.18 Å². The first-order chi connectivity index (χ1) is 6.09. The topological polar surface area (TPSA) is 12.5 Å². The fraction of sp³-hybridized carbons (Fsp3) is 1.00. The van der Waals surface area contributed by atoms with Gasteiger partial charge in [0.05, 0.1) is 6.10 Å². The van der Waals surface area contributed by atoms with Gasteiger partial charge in [0.15, 0.2) is 0 Å². The summed E-state index contributed by atoms with van der Waals surface area (Å²) >= 11 is 1.26. The third kappa shape index (κ3) is 2.69. The summed E-state index contributed by atoms with van der Waals surface area (Å²) in [6, 6.07) is 0.602. The van der Waals surface area contributed by atoms with Crippen LogP contribution in [0.4, 0.5) is 0 Å². The van der Waals surface area contributed by atoms with E-state index in [2.05, 4.69) is 18.7 Å². The zero-order valence-corrected chi connectivity index (χ0v) is 7.93. The Bertz CT molecular complexity index is 155. The third-order valence-electron chi connectivity index (χ3n) is 1.88. The van der Waals surface area contributed by atoms with Crippen LogP contribution in [0.25, 0.3) is 0 Å². The van der Waals surface area contributed by atoms with E-state index in [1.54, 1.807) is 0 Å². The molecule has 0 aromatic carbocycles. The molecule has 1 fully saturated rings. The van der Waals surface area contributed by atoms with Crippen molar-refractivity contribution in [3.8, 4) is 0 Å². The lowest BCUT2D eigenvalue weighted by Crippen LogP contribution is -2.54. The van der Waals surface area contributed by atoms with E-state index in [-0.39, 0.29) is 0 Å². The van der Waals surface area contributed by atoms with E-state index in [1.807, 2.05) is 0 Å². The molecule has 1 rings (SSSR count). The maximum atomic E-state index is 6.96. The number of hydrogen-bond donors (Lipinski definition) is 0. The molecule has 64 valence electrons. The Morgan fingerprint density at radius 2 is 2.73 bits per heavy atom. The zero-order valence-electron chi connectivity index (χ0n) is 9.12. The molecule has 0 bridgehead atoms. The summed E-state index contributed by atoms with van der Waals surface area (Å²) in [6.07, 6.45) is 0.311. The quantitative estimate of drug-likeness (QED) is 0.442. The van der Waals surface area contributed by atoms with Gasteiger partial charge in [-0.25, -0.2) is 0 Å². The molecule has 11 heavy (non-hydrogen) atoms. The van der Waals surface area contributed by atoms with Crippen molar-refractivity contribution in [2.24, 2.45) is 0 Å². The van der Waals surface area contributed by atoms with Crippen molar-refractivity contribution in [3.63, 3.8) is 0 Å². The molecule has 2 nitrogen and oxygen atoms in total. The summed E-state index contributed by atoms with van der Waals surface area (Å²) in [5.41, 5.74) is 0.443. The van der Waals surface area contributed by atoms with Crippen molar-refractivity contribution in [1.29, 1.82) is 2.67 Å². The standard InChI is InChI=1S/C7H16BNOS/c1-6(2)9-3-7(4-9)10-11-5-8/h6-7H,3-5,8H2,1-2H3/i8TD. The maximum Gasteiger partial charge on any atom is 0.117 e. The van der Waals surface area contributed by atoms with Crippen molar-refractivity contribution in [2.75, 3.05) is 18.7 Å². The molecule has 1 aliphatic rings. The van der Waals surface area contributed by atoms with E-state index in [0.29, 0.717) is 17.8 Å². The Morgan fingerprint density at radius 1 is 2.00 bits per heavy atom. The largest absolute Gasteiger partial charge is 0.310 e. The summed E-state index contributed by atoms with van der Waals surface area (Å²) in [4.78, 5) is 2.34. The molecule has 0 aromatic rings. The highest BCUT2D eigenvalue weighted by Crippen LogP contribution is 2.18. The highest BCUT2D eigenvalue weighted by Gasteiger charge is 2.29. The van der Waals surface area contributed by atoms with Crippen LogP contribution in [0.3, 0.4) is 0 Å². The minimum Gasteiger partial charge on any atom is -0.310 e. The molecular formula is C7H16BNOS. The van der Waals surface area contributed by atoms with E-state index in [0.717, 1.165) is 13.1 Å². The lowest BCUT2D eigenvalue weighted by Gasteiger charge is -2.40. The Morgan fingerprint density at radius 3 is 3.27 bits per heavy atom.